The average molecular weight is 365 g/mol. The number of benzene rings is 1. The number of nitrogens with zero attached hydrogens (tertiary/aromatic N) is 2. The number of ether oxygens (including phenoxy) is 1. The summed E-state index contributed by atoms with van der Waals surface area (Å²) in [6.07, 6.45) is 0.771. The van der Waals surface area contributed by atoms with Gasteiger partial charge in [-0.05, 0) is 51.7 Å². The van der Waals surface area contributed by atoms with Gasteiger partial charge in [0.05, 0.1) is 12.2 Å². The summed E-state index contributed by atoms with van der Waals surface area (Å²) < 4.78 is 4.80. The van der Waals surface area contributed by atoms with Gasteiger partial charge in [-0.15, -0.1) is 0 Å². The standard InChI is InChI=1S/C18H27N3O5/c1-4-26-16(22)12-19-18(25)21(11-5-10-20(2)3)13-14-6-8-15(9-7-14)17(23)24/h6-9H,4-5,10-13H2,1-3H3,(H,19,25)(H,23,24). The minimum absolute atomic E-state index is 0.186. The highest BCUT2D eigenvalue weighted by Gasteiger charge is 2.15. The molecule has 0 saturated carbocycles. The summed E-state index contributed by atoms with van der Waals surface area (Å²) in [7, 11) is 3.91. The van der Waals surface area contributed by atoms with Gasteiger partial charge in [-0.25, -0.2) is 9.59 Å². The van der Waals surface area contributed by atoms with E-state index < -0.39 is 11.9 Å². The molecule has 0 radical (unpaired) electrons. The third-order valence-electron chi connectivity index (χ3n) is 3.58. The van der Waals surface area contributed by atoms with Gasteiger partial charge < -0.3 is 25.0 Å². The van der Waals surface area contributed by atoms with Gasteiger partial charge >= 0.3 is 18.0 Å². The molecule has 26 heavy (non-hydrogen) atoms. The first-order valence-corrected chi connectivity index (χ1v) is 8.48. The summed E-state index contributed by atoms with van der Waals surface area (Å²) in [5, 5.41) is 11.5. The molecule has 1 aromatic carbocycles. The largest absolute Gasteiger partial charge is 0.478 e. The van der Waals surface area contributed by atoms with Gasteiger partial charge in [0.2, 0.25) is 0 Å². The minimum Gasteiger partial charge on any atom is -0.478 e. The van der Waals surface area contributed by atoms with Gasteiger partial charge in [-0.3, -0.25) is 4.79 Å². The van der Waals surface area contributed by atoms with E-state index in [1.165, 1.54) is 12.1 Å². The van der Waals surface area contributed by atoms with Gasteiger partial charge in [0.15, 0.2) is 0 Å². The van der Waals surface area contributed by atoms with Crippen molar-refractivity contribution in [3.05, 3.63) is 35.4 Å². The van der Waals surface area contributed by atoms with E-state index in [4.69, 9.17) is 9.84 Å². The van der Waals surface area contributed by atoms with Crippen molar-refractivity contribution >= 4 is 18.0 Å². The Labute approximate surface area is 153 Å². The molecule has 0 spiro atoms. The Morgan fingerprint density at radius 2 is 1.77 bits per heavy atom. The summed E-state index contributed by atoms with van der Waals surface area (Å²) in [6.45, 7) is 3.43. The highest BCUT2D eigenvalue weighted by atomic mass is 16.5. The number of aromatic carboxylic acids is 1. The Kier molecular flexibility index (Phi) is 9.14. The molecule has 2 N–H and O–H groups in total. The second-order valence-electron chi connectivity index (χ2n) is 6.04. The van der Waals surface area contributed by atoms with Crippen molar-refractivity contribution < 1.29 is 24.2 Å². The van der Waals surface area contributed by atoms with Crippen molar-refractivity contribution in [2.75, 3.05) is 40.3 Å². The van der Waals surface area contributed by atoms with E-state index in [2.05, 4.69) is 5.32 Å². The van der Waals surface area contributed by atoms with E-state index >= 15 is 0 Å². The second kappa shape index (κ2) is 11.1. The van der Waals surface area contributed by atoms with Crippen LogP contribution in [0.25, 0.3) is 0 Å². The fourth-order valence-corrected chi connectivity index (χ4v) is 2.27. The molecule has 0 aliphatic carbocycles. The maximum Gasteiger partial charge on any atom is 0.335 e. The Morgan fingerprint density at radius 3 is 2.31 bits per heavy atom. The Balaban J connectivity index is 2.71. The van der Waals surface area contributed by atoms with Crippen LogP contribution >= 0.6 is 0 Å². The molecule has 1 rings (SSSR count). The molecule has 0 unspecified atom stereocenters. The molecule has 2 amide bonds. The predicted molar refractivity (Wildman–Crippen MR) is 97.0 cm³/mol. The van der Waals surface area contributed by atoms with E-state index in [9.17, 15) is 14.4 Å². The average Bonchev–Trinajstić information content (AvgIpc) is 2.59. The monoisotopic (exact) mass is 365 g/mol. The number of urea groups is 1. The van der Waals surface area contributed by atoms with Crippen LogP contribution < -0.4 is 5.32 Å². The SMILES string of the molecule is CCOC(=O)CNC(=O)N(CCCN(C)C)Cc1ccc(C(=O)O)cc1. The van der Waals surface area contributed by atoms with Crippen LogP contribution in [0, 0.1) is 0 Å². The summed E-state index contributed by atoms with van der Waals surface area (Å²) in [4.78, 5) is 38.4. The first-order chi connectivity index (χ1) is 12.3. The number of amides is 2. The van der Waals surface area contributed by atoms with Gasteiger partial charge in [-0.2, -0.15) is 0 Å². The zero-order valence-corrected chi connectivity index (χ0v) is 15.5. The minimum atomic E-state index is -0.994. The molecule has 0 aromatic heterocycles. The topological polar surface area (TPSA) is 99.2 Å². The van der Waals surface area contributed by atoms with Crippen molar-refractivity contribution in [1.82, 2.24) is 15.1 Å². The lowest BCUT2D eigenvalue weighted by Crippen LogP contribution is -2.43. The Morgan fingerprint density at radius 1 is 1.12 bits per heavy atom. The highest BCUT2D eigenvalue weighted by molar-refractivity contribution is 5.87. The molecule has 0 fully saturated rings. The molecule has 1 aromatic rings. The number of carbonyl (C=O) groups excluding carboxylic acids is 2. The van der Waals surface area contributed by atoms with E-state index in [0.29, 0.717) is 13.1 Å². The summed E-state index contributed by atoms with van der Waals surface area (Å²) in [6, 6.07) is 6.01. The fourth-order valence-electron chi connectivity index (χ4n) is 2.27. The molecule has 144 valence electrons. The smallest absolute Gasteiger partial charge is 0.335 e. The third-order valence-corrected chi connectivity index (χ3v) is 3.58. The fraction of sp³-hybridized carbons (Fsp3) is 0.500. The molecule has 0 heterocycles. The number of hydrogen-bond donors (Lipinski definition) is 2. The molecule has 0 aliphatic rings. The number of esters is 1. The van der Waals surface area contributed by atoms with E-state index in [1.54, 1.807) is 24.0 Å². The lowest BCUT2D eigenvalue weighted by molar-refractivity contribution is -0.141. The van der Waals surface area contributed by atoms with Crippen LogP contribution in [0.1, 0.15) is 29.3 Å². The van der Waals surface area contributed by atoms with Gasteiger partial charge in [-0.1, -0.05) is 12.1 Å². The molecular weight excluding hydrogens is 338 g/mol. The predicted octanol–water partition coefficient (Wildman–Crippen LogP) is 1.41. The van der Waals surface area contributed by atoms with Gasteiger partial charge in [0.25, 0.3) is 0 Å². The number of carboxylic acids is 1. The maximum atomic E-state index is 12.4. The number of nitrogens with one attached hydrogen (secondary N) is 1. The zero-order chi connectivity index (χ0) is 19.5. The maximum absolute atomic E-state index is 12.4. The molecule has 0 atom stereocenters. The van der Waals surface area contributed by atoms with Crippen molar-refractivity contribution in [3.63, 3.8) is 0 Å². The van der Waals surface area contributed by atoms with Crippen molar-refractivity contribution in [1.29, 1.82) is 0 Å². The van der Waals surface area contributed by atoms with Gasteiger partial charge in [0, 0.05) is 13.1 Å². The number of carboxylic acid groups (broad SMARTS) is 1. The lowest BCUT2D eigenvalue weighted by Gasteiger charge is -2.24. The van der Waals surface area contributed by atoms with Crippen LogP contribution in [0.15, 0.2) is 24.3 Å². The molecule has 8 nitrogen and oxygen atoms in total. The first kappa shape index (κ1) is 21.4. The van der Waals surface area contributed by atoms with E-state index in [-0.39, 0.29) is 24.7 Å². The first-order valence-electron chi connectivity index (χ1n) is 8.48. The molecular formula is C18H27N3O5. The number of carbonyl (C=O) groups is 3. The molecule has 0 saturated heterocycles. The van der Waals surface area contributed by atoms with E-state index in [0.717, 1.165) is 18.5 Å². The van der Waals surface area contributed by atoms with Crippen LogP contribution in [0.2, 0.25) is 0 Å². The summed E-state index contributed by atoms with van der Waals surface area (Å²) >= 11 is 0. The van der Waals surface area contributed by atoms with E-state index in [1.807, 2.05) is 19.0 Å². The highest BCUT2D eigenvalue weighted by Crippen LogP contribution is 2.09. The van der Waals surface area contributed by atoms with Crippen LogP contribution in [-0.2, 0) is 16.1 Å². The van der Waals surface area contributed by atoms with Crippen molar-refractivity contribution in [3.8, 4) is 0 Å². The zero-order valence-electron chi connectivity index (χ0n) is 15.5. The van der Waals surface area contributed by atoms with Gasteiger partial charge in [0.1, 0.15) is 6.54 Å². The lowest BCUT2D eigenvalue weighted by atomic mass is 10.1. The number of rotatable bonds is 10. The summed E-state index contributed by atoms with van der Waals surface area (Å²) in [5.41, 5.74) is 1.01. The third kappa shape index (κ3) is 7.98. The molecule has 0 aliphatic heterocycles. The van der Waals surface area contributed by atoms with Crippen LogP contribution in [-0.4, -0.2) is 73.2 Å². The van der Waals surface area contributed by atoms with Crippen molar-refractivity contribution in [2.45, 2.75) is 19.9 Å². The van der Waals surface area contributed by atoms with Crippen LogP contribution in [0.5, 0.6) is 0 Å². The normalized spacial score (nSPS) is 10.5. The molecule has 0 bridgehead atoms. The second-order valence-corrected chi connectivity index (χ2v) is 6.04. The Bertz CT molecular complexity index is 601. The number of hydrogen-bond acceptors (Lipinski definition) is 5. The van der Waals surface area contributed by atoms with Crippen molar-refractivity contribution in [2.24, 2.45) is 0 Å². The van der Waals surface area contributed by atoms with Crippen LogP contribution in [0.4, 0.5) is 4.79 Å². The molecule has 8 heteroatoms. The van der Waals surface area contributed by atoms with Crippen LogP contribution in [0.3, 0.4) is 0 Å². The quantitative estimate of drug-likeness (QED) is 0.608. The summed E-state index contributed by atoms with van der Waals surface area (Å²) in [5.74, 6) is -1.48. The Hall–Kier alpha value is -2.61.